The molecule has 0 unspecified atom stereocenters. The van der Waals surface area contributed by atoms with Gasteiger partial charge in [-0.2, -0.15) is 4.68 Å². The van der Waals surface area contributed by atoms with Crippen molar-refractivity contribution in [3.8, 4) is 5.69 Å². The summed E-state index contributed by atoms with van der Waals surface area (Å²) in [5.41, 5.74) is 1.47. The third kappa shape index (κ3) is 3.04. The van der Waals surface area contributed by atoms with Crippen molar-refractivity contribution in [1.29, 1.82) is 0 Å². The van der Waals surface area contributed by atoms with Gasteiger partial charge in [-0.15, -0.1) is 16.4 Å². The van der Waals surface area contributed by atoms with Crippen LogP contribution in [0, 0.1) is 0 Å². The Morgan fingerprint density at radius 3 is 2.91 bits per heavy atom. The van der Waals surface area contributed by atoms with E-state index in [1.807, 2.05) is 48.7 Å². The first-order valence-electron chi connectivity index (χ1n) is 6.97. The van der Waals surface area contributed by atoms with Gasteiger partial charge in [-0.1, -0.05) is 25.1 Å². The summed E-state index contributed by atoms with van der Waals surface area (Å²) in [5, 5.41) is 16.6. The zero-order chi connectivity index (χ0) is 15.4. The lowest BCUT2D eigenvalue weighted by Crippen LogP contribution is -2.16. The molecule has 3 aromatic rings. The zero-order valence-corrected chi connectivity index (χ0v) is 12.9. The largest absolute Gasteiger partial charge is 0.324 e. The second-order valence-corrected chi connectivity index (χ2v) is 5.71. The normalized spacial score (nSPS) is 10.6. The third-order valence-corrected chi connectivity index (χ3v) is 4.05. The second kappa shape index (κ2) is 6.48. The molecule has 0 aliphatic rings. The number of carbonyl (C=O) groups excluding carboxylic acids is 1. The Bertz CT molecular complexity index is 766. The summed E-state index contributed by atoms with van der Waals surface area (Å²) in [4.78, 5) is 13.2. The van der Waals surface area contributed by atoms with Gasteiger partial charge >= 0.3 is 0 Å². The lowest BCUT2D eigenvalue weighted by molar-refractivity contribution is -0.115. The van der Waals surface area contributed by atoms with Crippen molar-refractivity contribution in [2.75, 3.05) is 5.32 Å². The lowest BCUT2D eigenvalue weighted by atomic mass is 10.2. The number of rotatable bonds is 5. The number of tetrazole rings is 1. The molecule has 0 radical (unpaired) electrons. The molecule has 0 atom stereocenters. The van der Waals surface area contributed by atoms with Crippen LogP contribution in [0.4, 0.5) is 5.69 Å². The van der Waals surface area contributed by atoms with E-state index in [-0.39, 0.29) is 5.91 Å². The Morgan fingerprint density at radius 2 is 2.14 bits per heavy atom. The fourth-order valence-electron chi connectivity index (χ4n) is 2.14. The minimum absolute atomic E-state index is 0.0546. The number of benzene rings is 1. The van der Waals surface area contributed by atoms with Crippen molar-refractivity contribution in [2.45, 2.75) is 19.8 Å². The van der Waals surface area contributed by atoms with E-state index in [4.69, 9.17) is 0 Å². The van der Waals surface area contributed by atoms with Gasteiger partial charge in [-0.05, 0) is 34.0 Å². The van der Waals surface area contributed by atoms with Crippen molar-refractivity contribution in [1.82, 2.24) is 20.2 Å². The minimum atomic E-state index is -0.0546. The van der Waals surface area contributed by atoms with E-state index < -0.39 is 0 Å². The van der Waals surface area contributed by atoms with Gasteiger partial charge in [-0.3, -0.25) is 4.79 Å². The van der Waals surface area contributed by atoms with Crippen LogP contribution in [0.1, 0.15) is 17.6 Å². The number of anilines is 1. The SMILES string of the molecule is CCc1nnnn1-c1ccccc1NC(=O)Cc1cccs1. The van der Waals surface area contributed by atoms with Gasteiger partial charge in [0.15, 0.2) is 5.82 Å². The molecule has 2 heterocycles. The van der Waals surface area contributed by atoms with Crippen LogP contribution >= 0.6 is 11.3 Å². The number of hydrogen-bond acceptors (Lipinski definition) is 5. The monoisotopic (exact) mass is 313 g/mol. The molecular formula is C15H15N5OS. The highest BCUT2D eigenvalue weighted by molar-refractivity contribution is 7.10. The molecule has 6 nitrogen and oxygen atoms in total. The molecule has 0 bridgehead atoms. The minimum Gasteiger partial charge on any atom is -0.324 e. The summed E-state index contributed by atoms with van der Waals surface area (Å²) in [5.74, 6) is 0.695. The van der Waals surface area contributed by atoms with Crippen LogP contribution in [0.15, 0.2) is 41.8 Å². The van der Waals surface area contributed by atoms with Gasteiger partial charge in [0.25, 0.3) is 0 Å². The molecule has 1 aromatic carbocycles. The highest BCUT2D eigenvalue weighted by Crippen LogP contribution is 2.20. The van der Waals surface area contributed by atoms with Gasteiger partial charge in [0.2, 0.25) is 5.91 Å². The summed E-state index contributed by atoms with van der Waals surface area (Å²) < 4.78 is 1.65. The first kappa shape index (κ1) is 14.4. The third-order valence-electron chi connectivity index (χ3n) is 3.17. The average molecular weight is 313 g/mol. The Kier molecular flexibility index (Phi) is 4.24. The molecule has 0 aliphatic carbocycles. The van der Waals surface area contributed by atoms with Crippen molar-refractivity contribution in [3.05, 3.63) is 52.5 Å². The Labute approximate surface area is 131 Å². The molecule has 0 saturated carbocycles. The van der Waals surface area contributed by atoms with Crippen molar-refractivity contribution in [2.24, 2.45) is 0 Å². The van der Waals surface area contributed by atoms with Gasteiger partial charge in [0, 0.05) is 11.3 Å². The number of amides is 1. The van der Waals surface area contributed by atoms with Crippen LogP contribution in [0.25, 0.3) is 5.69 Å². The van der Waals surface area contributed by atoms with Crippen LogP contribution in [-0.2, 0) is 17.6 Å². The topological polar surface area (TPSA) is 72.7 Å². The molecule has 0 saturated heterocycles. The highest BCUT2D eigenvalue weighted by atomic mass is 32.1. The van der Waals surface area contributed by atoms with Crippen LogP contribution < -0.4 is 5.32 Å². The molecule has 7 heteroatoms. The number of aromatic nitrogens is 4. The number of nitrogens with one attached hydrogen (secondary N) is 1. The number of carbonyl (C=O) groups is 1. The zero-order valence-electron chi connectivity index (χ0n) is 12.1. The molecule has 0 aliphatic heterocycles. The number of nitrogens with zero attached hydrogens (tertiary/aromatic N) is 4. The molecule has 0 fully saturated rings. The highest BCUT2D eigenvalue weighted by Gasteiger charge is 2.13. The van der Waals surface area contributed by atoms with Gasteiger partial charge in [-0.25, -0.2) is 0 Å². The fraction of sp³-hybridized carbons (Fsp3) is 0.200. The maximum Gasteiger partial charge on any atom is 0.229 e. The van der Waals surface area contributed by atoms with Crippen LogP contribution in [-0.4, -0.2) is 26.1 Å². The molecule has 1 N–H and O–H groups in total. The smallest absolute Gasteiger partial charge is 0.229 e. The molecule has 22 heavy (non-hydrogen) atoms. The van der Waals surface area contributed by atoms with Crippen LogP contribution in [0.3, 0.4) is 0 Å². The quantitative estimate of drug-likeness (QED) is 0.785. The molecule has 0 spiro atoms. The van der Waals surface area contributed by atoms with E-state index >= 15 is 0 Å². The first-order chi connectivity index (χ1) is 10.8. The summed E-state index contributed by atoms with van der Waals surface area (Å²) >= 11 is 1.57. The number of hydrogen-bond donors (Lipinski definition) is 1. The van der Waals surface area contributed by atoms with Crippen LogP contribution in [0.5, 0.6) is 0 Å². The summed E-state index contributed by atoms with van der Waals surface area (Å²) in [6.45, 7) is 1.99. The number of thiophene rings is 1. The second-order valence-electron chi connectivity index (χ2n) is 4.68. The predicted molar refractivity (Wildman–Crippen MR) is 85.2 cm³/mol. The van der Waals surface area contributed by atoms with E-state index in [1.54, 1.807) is 16.0 Å². The van der Waals surface area contributed by atoms with Crippen molar-refractivity contribution < 1.29 is 4.79 Å². The Morgan fingerprint density at radius 1 is 1.27 bits per heavy atom. The van der Waals surface area contributed by atoms with E-state index in [2.05, 4.69) is 20.8 Å². The van der Waals surface area contributed by atoms with Gasteiger partial charge in [0.05, 0.1) is 17.8 Å². The molecule has 1 amide bonds. The van der Waals surface area contributed by atoms with E-state index in [9.17, 15) is 4.79 Å². The average Bonchev–Trinajstić information content (AvgIpc) is 3.18. The van der Waals surface area contributed by atoms with E-state index in [0.717, 1.165) is 16.4 Å². The molecule has 2 aromatic heterocycles. The van der Waals surface area contributed by atoms with E-state index in [1.165, 1.54) is 0 Å². The maximum absolute atomic E-state index is 12.2. The Hall–Kier alpha value is -2.54. The van der Waals surface area contributed by atoms with Crippen LogP contribution in [0.2, 0.25) is 0 Å². The lowest BCUT2D eigenvalue weighted by Gasteiger charge is -2.11. The summed E-state index contributed by atoms with van der Waals surface area (Å²) in [6, 6.07) is 11.4. The van der Waals surface area contributed by atoms with Gasteiger partial charge in [0.1, 0.15) is 0 Å². The molecule has 112 valence electrons. The first-order valence-corrected chi connectivity index (χ1v) is 7.84. The van der Waals surface area contributed by atoms with E-state index in [0.29, 0.717) is 18.5 Å². The fourth-order valence-corrected chi connectivity index (χ4v) is 2.85. The van der Waals surface area contributed by atoms with Crippen molar-refractivity contribution in [3.63, 3.8) is 0 Å². The maximum atomic E-state index is 12.2. The molecule has 3 rings (SSSR count). The Balaban J connectivity index is 1.84. The summed E-state index contributed by atoms with van der Waals surface area (Å²) in [7, 11) is 0. The number of aryl methyl sites for hydroxylation is 1. The standard InChI is InChI=1S/C15H15N5OS/c1-2-14-17-18-19-20(14)13-8-4-3-7-12(13)16-15(21)10-11-6-5-9-22-11/h3-9H,2,10H2,1H3,(H,16,21). The predicted octanol–water partition coefficient (Wildman–Crippen LogP) is 2.47. The number of para-hydroxylation sites is 2. The summed E-state index contributed by atoms with van der Waals surface area (Å²) in [6.07, 6.45) is 1.08. The molecular weight excluding hydrogens is 298 g/mol. The van der Waals surface area contributed by atoms with Gasteiger partial charge < -0.3 is 5.32 Å². The van der Waals surface area contributed by atoms with Crippen molar-refractivity contribution >= 4 is 22.9 Å².